The van der Waals surface area contributed by atoms with E-state index in [9.17, 15) is 4.79 Å². The Kier molecular flexibility index (Phi) is 4.63. The Bertz CT molecular complexity index is 495. The van der Waals surface area contributed by atoms with Gasteiger partial charge in [0.15, 0.2) is 11.5 Å². The average Bonchev–Trinajstić information content (AvgIpc) is 2.93. The third-order valence-electron chi connectivity index (χ3n) is 4.25. The summed E-state index contributed by atoms with van der Waals surface area (Å²) >= 11 is 0. The highest BCUT2D eigenvalue weighted by molar-refractivity contribution is 5.78. The summed E-state index contributed by atoms with van der Waals surface area (Å²) in [5.41, 5.74) is 1.17. The van der Waals surface area contributed by atoms with E-state index in [1.807, 2.05) is 12.1 Å². The van der Waals surface area contributed by atoms with Gasteiger partial charge in [-0.2, -0.15) is 0 Å². The predicted molar refractivity (Wildman–Crippen MR) is 80.7 cm³/mol. The largest absolute Gasteiger partial charge is 0.490 e. The zero-order valence-electron chi connectivity index (χ0n) is 12.4. The molecule has 1 amide bonds. The van der Waals surface area contributed by atoms with Crippen LogP contribution < -0.4 is 14.8 Å². The number of benzene rings is 1. The summed E-state index contributed by atoms with van der Waals surface area (Å²) in [6.45, 7) is 2.10. The number of carbonyl (C=O) groups is 1. The van der Waals surface area contributed by atoms with Crippen molar-refractivity contribution >= 4 is 5.91 Å². The van der Waals surface area contributed by atoms with Crippen molar-refractivity contribution in [2.75, 3.05) is 19.8 Å². The summed E-state index contributed by atoms with van der Waals surface area (Å²) in [5, 5.41) is 3.05. The molecule has 0 saturated heterocycles. The maximum atomic E-state index is 12.0. The van der Waals surface area contributed by atoms with E-state index in [0.717, 1.165) is 37.2 Å². The molecule has 1 fully saturated rings. The van der Waals surface area contributed by atoms with Gasteiger partial charge in [-0.3, -0.25) is 4.79 Å². The van der Waals surface area contributed by atoms with E-state index in [2.05, 4.69) is 11.4 Å². The molecule has 1 aromatic carbocycles. The van der Waals surface area contributed by atoms with Crippen LogP contribution in [0.25, 0.3) is 0 Å². The third kappa shape index (κ3) is 3.69. The van der Waals surface area contributed by atoms with Crippen LogP contribution in [-0.2, 0) is 11.2 Å². The molecule has 3 rings (SSSR count). The van der Waals surface area contributed by atoms with Crippen molar-refractivity contribution < 1.29 is 14.3 Å². The van der Waals surface area contributed by atoms with Gasteiger partial charge in [0.2, 0.25) is 5.91 Å². The van der Waals surface area contributed by atoms with Crippen LogP contribution in [0.5, 0.6) is 11.5 Å². The topological polar surface area (TPSA) is 47.6 Å². The van der Waals surface area contributed by atoms with Crippen molar-refractivity contribution in [1.29, 1.82) is 0 Å². The first-order valence-electron chi connectivity index (χ1n) is 7.99. The summed E-state index contributed by atoms with van der Waals surface area (Å²) in [7, 11) is 0. The fourth-order valence-corrected chi connectivity index (χ4v) is 3.03. The molecule has 0 aromatic heterocycles. The Labute approximate surface area is 125 Å². The highest BCUT2D eigenvalue weighted by atomic mass is 16.5. The fourth-order valence-electron chi connectivity index (χ4n) is 3.03. The summed E-state index contributed by atoms with van der Waals surface area (Å²) in [5.74, 6) is 2.12. The quantitative estimate of drug-likeness (QED) is 0.927. The number of nitrogens with one attached hydrogen (secondary N) is 1. The second-order valence-electron chi connectivity index (χ2n) is 5.85. The molecule has 1 aliphatic heterocycles. The summed E-state index contributed by atoms with van der Waals surface area (Å²) in [6, 6.07) is 6.05. The highest BCUT2D eigenvalue weighted by Crippen LogP contribution is 2.30. The van der Waals surface area contributed by atoms with Gasteiger partial charge in [-0.15, -0.1) is 0 Å². The Morgan fingerprint density at radius 2 is 1.86 bits per heavy atom. The lowest BCUT2D eigenvalue weighted by molar-refractivity contribution is -0.124. The maximum Gasteiger partial charge on any atom is 0.223 e. The van der Waals surface area contributed by atoms with Crippen LogP contribution in [0.3, 0.4) is 0 Å². The van der Waals surface area contributed by atoms with Crippen LogP contribution in [-0.4, -0.2) is 25.7 Å². The van der Waals surface area contributed by atoms with Gasteiger partial charge in [0.1, 0.15) is 0 Å². The molecule has 114 valence electrons. The van der Waals surface area contributed by atoms with Crippen LogP contribution in [0, 0.1) is 5.92 Å². The highest BCUT2D eigenvalue weighted by Gasteiger charge is 2.22. The van der Waals surface area contributed by atoms with E-state index in [4.69, 9.17) is 9.47 Å². The standard InChI is InChI=1S/C17H23NO3/c19-17(14-4-1-2-5-14)18-9-8-13-6-7-15-16(12-13)21-11-3-10-20-15/h6-7,12,14H,1-5,8-11H2,(H,18,19). The van der Waals surface area contributed by atoms with Gasteiger partial charge >= 0.3 is 0 Å². The van der Waals surface area contributed by atoms with Gasteiger partial charge in [0, 0.05) is 18.9 Å². The summed E-state index contributed by atoms with van der Waals surface area (Å²) in [4.78, 5) is 12.0. The summed E-state index contributed by atoms with van der Waals surface area (Å²) in [6.07, 6.45) is 6.24. The number of rotatable bonds is 4. The molecule has 1 heterocycles. The minimum Gasteiger partial charge on any atom is -0.490 e. The van der Waals surface area contributed by atoms with E-state index in [0.29, 0.717) is 19.8 Å². The number of carbonyl (C=O) groups excluding carboxylic acids is 1. The monoisotopic (exact) mass is 289 g/mol. The molecule has 0 spiro atoms. The lowest BCUT2D eigenvalue weighted by Gasteiger charge is -2.12. The molecule has 2 aliphatic rings. The lowest BCUT2D eigenvalue weighted by atomic mass is 10.1. The number of amides is 1. The first kappa shape index (κ1) is 14.2. The Morgan fingerprint density at radius 3 is 2.67 bits per heavy atom. The average molecular weight is 289 g/mol. The molecule has 1 aromatic rings. The minimum atomic E-state index is 0.224. The van der Waals surface area contributed by atoms with Crippen LogP contribution in [0.4, 0.5) is 0 Å². The van der Waals surface area contributed by atoms with Crippen molar-refractivity contribution in [3.05, 3.63) is 23.8 Å². The zero-order valence-corrected chi connectivity index (χ0v) is 12.4. The number of ether oxygens (including phenoxy) is 2. The molecular formula is C17H23NO3. The van der Waals surface area contributed by atoms with Crippen molar-refractivity contribution in [3.63, 3.8) is 0 Å². The number of hydrogen-bond acceptors (Lipinski definition) is 3. The van der Waals surface area contributed by atoms with Gasteiger partial charge in [-0.05, 0) is 37.0 Å². The van der Waals surface area contributed by atoms with Crippen molar-refractivity contribution in [1.82, 2.24) is 5.32 Å². The van der Waals surface area contributed by atoms with E-state index in [-0.39, 0.29) is 11.8 Å². The van der Waals surface area contributed by atoms with E-state index in [1.54, 1.807) is 0 Å². The van der Waals surface area contributed by atoms with Gasteiger partial charge in [-0.1, -0.05) is 18.9 Å². The molecule has 1 saturated carbocycles. The maximum absolute atomic E-state index is 12.0. The summed E-state index contributed by atoms with van der Waals surface area (Å²) < 4.78 is 11.3. The molecule has 1 aliphatic carbocycles. The van der Waals surface area contributed by atoms with Gasteiger partial charge in [-0.25, -0.2) is 0 Å². The van der Waals surface area contributed by atoms with E-state index < -0.39 is 0 Å². The van der Waals surface area contributed by atoms with Crippen molar-refractivity contribution in [2.24, 2.45) is 5.92 Å². The Hall–Kier alpha value is -1.71. The molecule has 21 heavy (non-hydrogen) atoms. The first-order chi connectivity index (χ1) is 10.3. The minimum absolute atomic E-state index is 0.224. The molecular weight excluding hydrogens is 266 g/mol. The molecule has 0 unspecified atom stereocenters. The van der Waals surface area contributed by atoms with Gasteiger partial charge in [0.05, 0.1) is 13.2 Å². The molecule has 4 heteroatoms. The second-order valence-corrected chi connectivity index (χ2v) is 5.85. The fraction of sp³-hybridized carbons (Fsp3) is 0.588. The molecule has 4 nitrogen and oxygen atoms in total. The second kappa shape index (κ2) is 6.83. The molecule has 1 N–H and O–H groups in total. The third-order valence-corrected chi connectivity index (χ3v) is 4.25. The van der Waals surface area contributed by atoms with Crippen LogP contribution >= 0.6 is 0 Å². The van der Waals surface area contributed by atoms with Crippen molar-refractivity contribution in [2.45, 2.75) is 38.5 Å². The lowest BCUT2D eigenvalue weighted by Crippen LogP contribution is -2.30. The van der Waals surface area contributed by atoms with E-state index in [1.165, 1.54) is 18.4 Å². The molecule has 0 atom stereocenters. The number of hydrogen-bond donors (Lipinski definition) is 1. The molecule has 0 bridgehead atoms. The van der Waals surface area contributed by atoms with Gasteiger partial charge < -0.3 is 14.8 Å². The van der Waals surface area contributed by atoms with Crippen LogP contribution in [0.15, 0.2) is 18.2 Å². The zero-order chi connectivity index (χ0) is 14.5. The van der Waals surface area contributed by atoms with Gasteiger partial charge in [0.25, 0.3) is 0 Å². The van der Waals surface area contributed by atoms with Crippen molar-refractivity contribution in [3.8, 4) is 11.5 Å². The Morgan fingerprint density at radius 1 is 1.10 bits per heavy atom. The SMILES string of the molecule is O=C(NCCc1ccc2c(c1)OCCCO2)C1CCCC1. The van der Waals surface area contributed by atoms with E-state index >= 15 is 0 Å². The van der Waals surface area contributed by atoms with Crippen LogP contribution in [0.2, 0.25) is 0 Å². The smallest absolute Gasteiger partial charge is 0.223 e. The molecule has 0 radical (unpaired) electrons. The first-order valence-corrected chi connectivity index (χ1v) is 7.99. The predicted octanol–water partition coefficient (Wildman–Crippen LogP) is 2.70. The van der Waals surface area contributed by atoms with Crippen LogP contribution in [0.1, 0.15) is 37.7 Å². The normalized spacial score (nSPS) is 18.3. The Balaban J connectivity index is 1.51. The number of fused-ring (bicyclic) bond motifs is 1.